The minimum absolute atomic E-state index is 0.0553. The van der Waals surface area contributed by atoms with Gasteiger partial charge in [-0.3, -0.25) is 4.79 Å². The van der Waals surface area contributed by atoms with Gasteiger partial charge >= 0.3 is 0 Å². The molecule has 3 nitrogen and oxygen atoms in total. The highest BCUT2D eigenvalue weighted by molar-refractivity contribution is 5.78. The maximum Gasteiger partial charge on any atom is 0.234 e. The predicted molar refractivity (Wildman–Crippen MR) is 96.2 cm³/mol. The molecule has 0 radical (unpaired) electrons. The van der Waals surface area contributed by atoms with Gasteiger partial charge in [0.15, 0.2) is 0 Å². The molecule has 1 fully saturated rings. The minimum Gasteiger partial charge on any atom is -0.352 e. The van der Waals surface area contributed by atoms with E-state index in [9.17, 15) is 4.79 Å². The van der Waals surface area contributed by atoms with Crippen molar-refractivity contribution in [3.05, 3.63) is 35.9 Å². The summed E-state index contributed by atoms with van der Waals surface area (Å²) in [5, 5.41) is 6.69. The Kier molecular flexibility index (Phi) is 6.23. The summed E-state index contributed by atoms with van der Waals surface area (Å²) in [6.45, 7) is 9.25. The molecular formula is C20H32N2O. The third-order valence-electron chi connectivity index (χ3n) is 4.92. The molecule has 0 aromatic heterocycles. The molecule has 1 amide bonds. The number of amides is 1. The predicted octanol–water partition coefficient (Wildman–Crippen LogP) is 4.06. The molecule has 0 saturated heterocycles. The van der Waals surface area contributed by atoms with Crippen molar-refractivity contribution in [3.8, 4) is 0 Å². The lowest BCUT2D eigenvalue weighted by atomic mass is 9.82. The molecule has 0 unspecified atom stereocenters. The van der Waals surface area contributed by atoms with Crippen LogP contribution in [0.25, 0.3) is 0 Å². The smallest absolute Gasteiger partial charge is 0.234 e. The second-order valence-corrected chi connectivity index (χ2v) is 8.03. The molecule has 1 saturated carbocycles. The molecule has 128 valence electrons. The first-order valence-corrected chi connectivity index (χ1v) is 8.95. The molecule has 0 heterocycles. The van der Waals surface area contributed by atoms with Crippen LogP contribution in [0.4, 0.5) is 0 Å². The van der Waals surface area contributed by atoms with E-state index in [0.717, 1.165) is 6.42 Å². The van der Waals surface area contributed by atoms with Crippen LogP contribution >= 0.6 is 0 Å². The quantitative estimate of drug-likeness (QED) is 0.860. The van der Waals surface area contributed by atoms with Gasteiger partial charge in [-0.15, -0.1) is 0 Å². The van der Waals surface area contributed by atoms with Crippen molar-refractivity contribution < 1.29 is 4.79 Å². The fourth-order valence-electron chi connectivity index (χ4n) is 3.55. The average molecular weight is 316 g/mol. The van der Waals surface area contributed by atoms with Gasteiger partial charge in [-0.05, 0) is 29.7 Å². The second kappa shape index (κ2) is 7.96. The Labute approximate surface area is 141 Å². The zero-order chi connectivity index (χ0) is 16.9. The molecule has 1 aliphatic rings. The maximum absolute atomic E-state index is 12.3. The van der Waals surface area contributed by atoms with Crippen LogP contribution in [0.1, 0.15) is 65.0 Å². The van der Waals surface area contributed by atoms with Gasteiger partial charge in [-0.1, -0.05) is 70.9 Å². The monoisotopic (exact) mass is 316 g/mol. The molecule has 3 heteroatoms. The molecule has 2 N–H and O–H groups in total. The number of hydrogen-bond donors (Lipinski definition) is 2. The highest BCUT2D eigenvalue weighted by atomic mass is 16.2. The lowest BCUT2D eigenvalue weighted by molar-refractivity contribution is -0.121. The van der Waals surface area contributed by atoms with Crippen LogP contribution < -0.4 is 10.6 Å². The van der Waals surface area contributed by atoms with Gasteiger partial charge in [0.05, 0.1) is 6.54 Å². The summed E-state index contributed by atoms with van der Waals surface area (Å²) in [6, 6.07) is 10.9. The number of carbonyl (C=O) groups is 1. The zero-order valence-corrected chi connectivity index (χ0v) is 15.1. The van der Waals surface area contributed by atoms with Gasteiger partial charge in [0.2, 0.25) is 5.91 Å². The third-order valence-corrected chi connectivity index (χ3v) is 4.92. The highest BCUT2D eigenvalue weighted by Gasteiger charge is 2.27. The summed E-state index contributed by atoms with van der Waals surface area (Å²) in [5.74, 6) is 0.717. The van der Waals surface area contributed by atoms with Crippen molar-refractivity contribution in [1.82, 2.24) is 10.6 Å². The van der Waals surface area contributed by atoms with E-state index < -0.39 is 0 Å². The lowest BCUT2D eigenvalue weighted by Crippen LogP contribution is -2.46. The normalized spacial score (nSPS) is 23.3. The first kappa shape index (κ1) is 18.0. The Morgan fingerprint density at radius 1 is 1.17 bits per heavy atom. The molecule has 1 aromatic rings. The van der Waals surface area contributed by atoms with Crippen LogP contribution in [0.15, 0.2) is 30.3 Å². The van der Waals surface area contributed by atoms with Crippen molar-refractivity contribution >= 4 is 5.91 Å². The van der Waals surface area contributed by atoms with Crippen LogP contribution in [-0.4, -0.2) is 18.5 Å². The molecular weight excluding hydrogens is 284 g/mol. The minimum atomic E-state index is 0.0553. The van der Waals surface area contributed by atoms with Crippen molar-refractivity contribution in [2.45, 2.75) is 65.5 Å². The zero-order valence-electron chi connectivity index (χ0n) is 15.1. The molecule has 2 rings (SSSR count). The van der Waals surface area contributed by atoms with Crippen LogP contribution in [0.5, 0.6) is 0 Å². The van der Waals surface area contributed by atoms with Gasteiger partial charge in [-0.2, -0.15) is 0 Å². The van der Waals surface area contributed by atoms with E-state index in [2.05, 4.69) is 62.6 Å². The van der Waals surface area contributed by atoms with E-state index in [1.807, 2.05) is 6.07 Å². The molecule has 1 aromatic carbocycles. The summed E-state index contributed by atoms with van der Waals surface area (Å²) in [5.41, 5.74) is 1.29. The van der Waals surface area contributed by atoms with E-state index in [1.54, 1.807) is 0 Å². The number of carbonyl (C=O) groups excluding carboxylic acids is 1. The Bertz CT molecular complexity index is 492. The van der Waals surface area contributed by atoms with E-state index >= 15 is 0 Å². The van der Waals surface area contributed by atoms with Crippen molar-refractivity contribution in [3.63, 3.8) is 0 Å². The van der Waals surface area contributed by atoms with Crippen LogP contribution in [0.2, 0.25) is 0 Å². The van der Waals surface area contributed by atoms with E-state index in [4.69, 9.17) is 0 Å². The van der Waals surface area contributed by atoms with Gasteiger partial charge in [-0.25, -0.2) is 0 Å². The fourth-order valence-corrected chi connectivity index (χ4v) is 3.55. The Morgan fingerprint density at radius 3 is 2.43 bits per heavy atom. The molecule has 0 bridgehead atoms. The van der Waals surface area contributed by atoms with Crippen LogP contribution in [0, 0.1) is 11.3 Å². The third kappa shape index (κ3) is 5.35. The number of benzene rings is 1. The van der Waals surface area contributed by atoms with Gasteiger partial charge in [0.1, 0.15) is 0 Å². The van der Waals surface area contributed by atoms with Crippen LogP contribution in [0.3, 0.4) is 0 Å². The van der Waals surface area contributed by atoms with Crippen molar-refractivity contribution in [2.24, 2.45) is 11.3 Å². The highest BCUT2D eigenvalue weighted by Crippen LogP contribution is 2.32. The first-order valence-electron chi connectivity index (χ1n) is 8.95. The topological polar surface area (TPSA) is 41.1 Å². The second-order valence-electron chi connectivity index (χ2n) is 8.03. The molecule has 0 aliphatic heterocycles. The van der Waals surface area contributed by atoms with Crippen molar-refractivity contribution in [2.75, 3.05) is 6.54 Å². The van der Waals surface area contributed by atoms with Crippen LogP contribution in [-0.2, 0) is 4.79 Å². The Balaban J connectivity index is 1.92. The first-order chi connectivity index (χ1) is 10.9. The number of nitrogens with one attached hydrogen (secondary N) is 2. The largest absolute Gasteiger partial charge is 0.352 e. The molecule has 3 atom stereocenters. The van der Waals surface area contributed by atoms with E-state index in [1.165, 1.54) is 24.8 Å². The van der Waals surface area contributed by atoms with Gasteiger partial charge in [0.25, 0.3) is 0 Å². The molecule has 0 spiro atoms. The summed E-state index contributed by atoms with van der Waals surface area (Å²) < 4.78 is 0. The SMILES string of the molecule is C[C@@H]1CCCC[C@H]1NC(=O)CN[C@@H](c1ccccc1)C(C)(C)C. The van der Waals surface area contributed by atoms with E-state index in [0.29, 0.717) is 18.5 Å². The summed E-state index contributed by atoms with van der Waals surface area (Å²) in [7, 11) is 0. The average Bonchev–Trinajstić information content (AvgIpc) is 2.49. The maximum atomic E-state index is 12.3. The number of rotatable bonds is 5. The Morgan fingerprint density at radius 2 is 1.83 bits per heavy atom. The van der Waals surface area contributed by atoms with Gasteiger partial charge < -0.3 is 10.6 Å². The standard InChI is InChI=1S/C20H32N2O/c1-15-10-8-9-13-17(15)22-18(23)14-21-19(20(2,3)4)16-11-6-5-7-12-16/h5-7,11-12,15,17,19,21H,8-10,13-14H2,1-4H3,(H,22,23)/t15-,17-,19+/m1/s1. The number of hydrogen-bond acceptors (Lipinski definition) is 2. The summed E-state index contributed by atoms with van der Waals surface area (Å²) >= 11 is 0. The Hall–Kier alpha value is -1.35. The molecule has 1 aliphatic carbocycles. The summed E-state index contributed by atoms with van der Waals surface area (Å²) in [6.07, 6.45) is 4.88. The van der Waals surface area contributed by atoms with E-state index in [-0.39, 0.29) is 17.4 Å². The molecule has 23 heavy (non-hydrogen) atoms. The fraction of sp³-hybridized carbons (Fsp3) is 0.650. The summed E-state index contributed by atoms with van der Waals surface area (Å²) in [4.78, 5) is 12.3. The van der Waals surface area contributed by atoms with Crippen molar-refractivity contribution in [1.29, 1.82) is 0 Å². The lowest BCUT2D eigenvalue weighted by Gasteiger charge is -2.33. The van der Waals surface area contributed by atoms with Gasteiger partial charge in [0, 0.05) is 12.1 Å².